The summed E-state index contributed by atoms with van der Waals surface area (Å²) >= 11 is 13.0. The van der Waals surface area contributed by atoms with Crippen LogP contribution in [0.5, 0.6) is 0 Å². The second kappa shape index (κ2) is 6.92. The lowest BCUT2D eigenvalue weighted by atomic mass is 10.2. The zero-order chi connectivity index (χ0) is 15.4. The summed E-state index contributed by atoms with van der Waals surface area (Å²) in [7, 11) is 0. The van der Waals surface area contributed by atoms with Crippen LogP contribution in [-0.2, 0) is 0 Å². The van der Waals surface area contributed by atoms with Crippen molar-refractivity contribution in [2.24, 2.45) is 0 Å². The number of nitrogens with one attached hydrogen (secondary N) is 1. The zero-order valence-corrected chi connectivity index (χ0v) is 13.7. The number of rotatable bonds is 4. The molecule has 3 nitrogen and oxygen atoms in total. The molecule has 0 bridgehead atoms. The van der Waals surface area contributed by atoms with Crippen molar-refractivity contribution in [3.8, 4) is 11.4 Å². The summed E-state index contributed by atoms with van der Waals surface area (Å²) in [5.41, 5.74) is 1.97. The SMILES string of the molecule is ClC(Cl)=C[n+]1sc(Nc2ccccc2)nc1-c1ccccc1. The van der Waals surface area contributed by atoms with Crippen LogP contribution in [0.4, 0.5) is 10.8 Å². The summed E-state index contributed by atoms with van der Waals surface area (Å²) in [4.78, 5) is 4.64. The van der Waals surface area contributed by atoms with Gasteiger partial charge in [0, 0.05) is 5.69 Å². The highest BCUT2D eigenvalue weighted by atomic mass is 35.5. The molecule has 1 N–H and O–H groups in total. The lowest BCUT2D eigenvalue weighted by molar-refractivity contribution is -0.480. The highest BCUT2D eigenvalue weighted by Crippen LogP contribution is 2.23. The highest BCUT2D eigenvalue weighted by Gasteiger charge is 2.22. The molecule has 0 saturated carbocycles. The fourth-order valence-electron chi connectivity index (χ4n) is 1.95. The molecular formula is C16H12Cl2N3S+. The Bertz CT molecular complexity index is 782. The largest absolute Gasteiger partial charge is 0.350 e. The summed E-state index contributed by atoms with van der Waals surface area (Å²) in [6, 6.07) is 19.8. The average molecular weight is 349 g/mol. The van der Waals surface area contributed by atoms with E-state index in [4.69, 9.17) is 23.2 Å². The standard InChI is InChI=1S/C16H11Cl2N3S/c17-14(18)11-21-15(12-7-3-1-4-8-12)20-16(22-21)19-13-9-5-2-6-10-13/h1-11H/p+1. The Kier molecular flexibility index (Phi) is 4.73. The molecule has 1 heterocycles. The molecule has 0 amide bonds. The van der Waals surface area contributed by atoms with Gasteiger partial charge in [0.05, 0.1) is 5.56 Å². The van der Waals surface area contributed by atoms with Gasteiger partial charge in [-0.3, -0.25) is 0 Å². The number of aromatic nitrogens is 2. The first-order chi connectivity index (χ1) is 10.7. The third-order valence-electron chi connectivity index (χ3n) is 2.87. The van der Waals surface area contributed by atoms with Crippen molar-refractivity contribution in [2.45, 2.75) is 0 Å². The molecule has 110 valence electrons. The van der Waals surface area contributed by atoms with E-state index >= 15 is 0 Å². The van der Waals surface area contributed by atoms with Crippen LogP contribution < -0.4 is 9.27 Å². The maximum atomic E-state index is 5.81. The smallest absolute Gasteiger partial charge is 0.308 e. The van der Waals surface area contributed by atoms with Crippen molar-refractivity contribution in [2.75, 3.05) is 5.32 Å². The first kappa shape index (κ1) is 15.0. The number of para-hydroxylation sites is 1. The first-order valence-corrected chi connectivity index (χ1v) is 8.08. The predicted octanol–water partition coefficient (Wildman–Crippen LogP) is 5.07. The van der Waals surface area contributed by atoms with Gasteiger partial charge in [-0.2, -0.15) is 0 Å². The van der Waals surface area contributed by atoms with E-state index in [-0.39, 0.29) is 4.49 Å². The lowest BCUT2D eigenvalue weighted by Crippen LogP contribution is -2.23. The maximum Gasteiger partial charge on any atom is 0.350 e. The van der Waals surface area contributed by atoms with Gasteiger partial charge in [-0.15, -0.1) is 3.96 Å². The number of nitrogens with zero attached hydrogens (tertiary/aromatic N) is 2. The molecule has 22 heavy (non-hydrogen) atoms. The molecule has 0 unspecified atom stereocenters. The van der Waals surface area contributed by atoms with E-state index in [1.54, 1.807) is 6.20 Å². The Morgan fingerprint density at radius 2 is 1.64 bits per heavy atom. The number of halogens is 2. The van der Waals surface area contributed by atoms with Crippen molar-refractivity contribution in [3.63, 3.8) is 0 Å². The fraction of sp³-hybridized carbons (Fsp3) is 0. The van der Waals surface area contributed by atoms with E-state index in [1.165, 1.54) is 11.5 Å². The molecular weight excluding hydrogens is 337 g/mol. The van der Waals surface area contributed by atoms with Gasteiger partial charge in [-0.1, -0.05) is 59.6 Å². The van der Waals surface area contributed by atoms with Crippen molar-refractivity contribution in [3.05, 3.63) is 65.2 Å². The van der Waals surface area contributed by atoms with E-state index in [0.29, 0.717) is 0 Å². The second-order valence-electron chi connectivity index (χ2n) is 4.43. The lowest BCUT2D eigenvalue weighted by Gasteiger charge is -1.95. The Balaban J connectivity index is 2.00. The Morgan fingerprint density at radius 3 is 2.27 bits per heavy atom. The molecule has 0 aliphatic heterocycles. The molecule has 0 atom stereocenters. The van der Waals surface area contributed by atoms with Crippen LogP contribution in [0.1, 0.15) is 0 Å². The fourth-order valence-corrected chi connectivity index (χ4v) is 3.13. The van der Waals surface area contributed by atoms with Gasteiger partial charge in [0.25, 0.3) is 0 Å². The molecule has 3 rings (SSSR count). The minimum absolute atomic E-state index is 0.178. The topological polar surface area (TPSA) is 28.8 Å². The van der Waals surface area contributed by atoms with Crippen LogP contribution in [0.2, 0.25) is 0 Å². The van der Waals surface area contributed by atoms with E-state index in [0.717, 1.165) is 22.2 Å². The molecule has 6 heteroatoms. The molecule has 0 aliphatic carbocycles. The summed E-state index contributed by atoms with van der Waals surface area (Å²) in [5, 5.41) is 4.04. The Morgan fingerprint density at radius 1 is 1.00 bits per heavy atom. The van der Waals surface area contributed by atoms with E-state index in [1.807, 2.05) is 64.6 Å². The van der Waals surface area contributed by atoms with E-state index in [9.17, 15) is 0 Å². The quantitative estimate of drug-likeness (QED) is 0.666. The minimum Gasteiger partial charge on any atom is -0.308 e. The minimum atomic E-state index is 0.178. The first-order valence-electron chi connectivity index (χ1n) is 6.55. The van der Waals surface area contributed by atoms with Crippen LogP contribution in [0.25, 0.3) is 17.6 Å². The molecule has 0 spiro atoms. The Labute approximate surface area is 142 Å². The van der Waals surface area contributed by atoms with Crippen LogP contribution >= 0.6 is 34.7 Å². The van der Waals surface area contributed by atoms with Gasteiger partial charge in [0.15, 0.2) is 0 Å². The summed E-state index contributed by atoms with van der Waals surface area (Å²) in [6.45, 7) is 0. The average Bonchev–Trinajstić information content (AvgIpc) is 2.91. The molecule has 0 fully saturated rings. The van der Waals surface area contributed by atoms with Crippen molar-refractivity contribution in [1.82, 2.24) is 4.98 Å². The summed E-state index contributed by atoms with van der Waals surface area (Å²) in [5.74, 6) is 0.780. The van der Waals surface area contributed by atoms with Gasteiger partial charge in [0.1, 0.15) is 22.2 Å². The Hall–Kier alpha value is -1.88. The van der Waals surface area contributed by atoms with E-state index < -0.39 is 0 Å². The molecule has 2 aromatic carbocycles. The van der Waals surface area contributed by atoms with Gasteiger partial charge in [0.2, 0.25) is 0 Å². The molecule has 0 aliphatic rings. The van der Waals surface area contributed by atoms with Gasteiger partial charge in [-0.25, -0.2) is 0 Å². The normalized spacial score (nSPS) is 10.3. The number of hydrogen-bond acceptors (Lipinski definition) is 3. The number of hydrogen-bond donors (Lipinski definition) is 1. The van der Waals surface area contributed by atoms with Gasteiger partial charge < -0.3 is 5.32 Å². The van der Waals surface area contributed by atoms with Gasteiger partial charge >= 0.3 is 11.0 Å². The van der Waals surface area contributed by atoms with E-state index in [2.05, 4.69) is 10.3 Å². The van der Waals surface area contributed by atoms with Crippen LogP contribution in [0, 0.1) is 0 Å². The molecule has 1 aromatic heterocycles. The maximum absolute atomic E-state index is 5.81. The third kappa shape index (κ3) is 3.65. The molecule has 0 saturated heterocycles. The summed E-state index contributed by atoms with van der Waals surface area (Å²) in [6.07, 6.45) is 1.64. The van der Waals surface area contributed by atoms with Crippen molar-refractivity contribution in [1.29, 1.82) is 0 Å². The van der Waals surface area contributed by atoms with Crippen LogP contribution in [0.15, 0.2) is 65.2 Å². The number of anilines is 2. The molecule has 0 radical (unpaired) electrons. The third-order valence-corrected chi connectivity index (χ3v) is 3.91. The summed E-state index contributed by atoms with van der Waals surface area (Å²) < 4.78 is 2.02. The van der Waals surface area contributed by atoms with Crippen molar-refractivity contribution < 1.29 is 3.96 Å². The highest BCUT2D eigenvalue weighted by molar-refractivity contribution is 7.06. The van der Waals surface area contributed by atoms with Crippen molar-refractivity contribution >= 4 is 51.8 Å². The number of benzene rings is 2. The van der Waals surface area contributed by atoms with Crippen LogP contribution in [0.3, 0.4) is 0 Å². The van der Waals surface area contributed by atoms with Gasteiger partial charge in [-0.05, 0) is 29.2 Å². The molecule has 3 aromatic rings. The second-order valence-corrected chi connectivity index (χ2v) is 6.40. The predicted molar refractivity (Wildman–Crippen MR) is 93.4 cm³/mol. The van der Waals surface area contributed by atoms with Crippen LogP contribution in [-0.4, -0.2) is 4.98 Å². The monoisotopic (exact) mass is 348 g/mol. The zero-order valence-electron chi connectivity index (χ0n) is 11.4.